The molecule has 29 heavy (non-hydrogen) atoms. The zero-order valence-electron chi connectivity index (χ0n) is 17.1. The first kappa shape index (κ1) is 21.0. The van der Waals surface area contributed by atoms with Crippen LogP contribution in [0.4, 0.5) is 4.39 Å². The van der Waals surface area contributed by atoms with Crippen molar-refractivity contribution in [2.24, 2.45) is 7.05 Å². The van der Waals surface area contributed by atoms with Crippen LogP contribution in [0, 0.1) is 10.6 Å². The molecule has 154 valence electrons. The van der Waals surface area contributed by atoms with Gasteiger partial charge in [-0.2, -0.15) is 4.68 Å². The maximum Gasteiger partial charge on any atom is 0.202 e. The molecule has 1 atom stereocenters. The summed E-state index contributed by atoms with van der Waals surface area (Å²) in [4.78, 5) is 1.17. The predicted octanol–water partition coefficient (Wildman–Crippen LogP) is 2.84. The van der Waals surface area contributed by atoms with E-state index in [1.54, 1.807) is 41.6 Å². The SMILES string of the molecule is CCOc1ccc(C[NH+](C)Cn2nc(-c3ccccc3F)n(C)c2=S)cc1OC. The molecule has 1 unspecified atom stereocenters. The fourth-order valence-corrected chi connectivity index (χ4v) is 3.42. The molecule has 0 radical (unpaired) electrons. The Hall–Kier alpha value is -2.71. The van der Waals surface area contributed by atoms with E-state index in [4.69, 9.17) is 21.7 Å². The van der Waals surface area contributed by atoms with Gasteiger partial charge in [0.2, 0.25) is 4.77 Å². The Morgan fingerprint density at radius 1 is 1.17 bits per heavy atom. The van der Waals surface area contributed by atoms with E-state index in [1.807, 2.05) is 25.1 Å². The summed E-state index contributed by atoms with van der Waals surface area (Å²) in [5.41, 5.74) is 1.55. The third-order valence-electron chi connectivity index (χ3n) is 4.61. The third kappa shape index (κ3) is 4.65. The highest BCUT2D eigenvalue weighted by Crippen LogP contribution is 2.27. The molecule has 1 heterocycles. The average molecular weight is 418 g/mol. The van der Waals surface area contributed by atoms with Crippen LogP contribution in [0.25, 0.3) is 11.4 Å². The lowest BCUT2D eigenvalue weighted by molar-refractivity contribution is -0.917. The molecule has 0 saturated carbocycles. The number of aromatic nitrogens is 3. The Morgan fingerprint density at radius 3 is 2.62 bits per heavy atom. The van der Waals surface area contributed by atoms with E-state index in [-0.39, 0.29) is 5.82 Å². The van der Waals surface area contributed by atoms with Gasteiger partial charge in [0, 0.05) is 12.6 Å². The summed E-state index contributed by atoms with van der Waals surface area (Å²) < 4.78 is 29.2. The monoisotopic (exact) mass is 417 g/mol. The zero-order chi connectivity index (χ0) is 21.0. The molecule has 1 aromatic heterocycles. The van der Waals surface area contributed by atoms with Gasteiger partial charge in [0.05, 0.1) is 26.3 Å². The molecule has 0 bridgehead atoms. The number of hydrogen-bond acceptors (Lipinski definition) is 4. The highest BCUT2D eigenvalue weighted by atomic mass is 32.1. The van der Waals surface area contributed by atoms with E-state index in [0.717, 1.165) is 17.9 Å². The van der Waals surface area contributed by atoms with Gasteiger partial charge < -0.3 is 18.9 Å². The Balaban J connectivity index is 1.78. The van der Waals surface area contributed by atoms with E-state index >= 15 is 0 Å². The molecular weight excluding hydrogens is 391 g/mol. The smallest absolute Gasteiger partial charge is 0.202 e. The van der Waals surface area contributed by atoms with Crippen LogP contribution in [0.15, 0.2) is 42.5 Å². The van der Waals surface area contributed by atoms with Crippen LogP contribution in [-0.2, 0) is 20.3 Å². The zero-order valence-corrected chi connectivity index (χ0v) is 17.9. The van der Waals surface area contributed by atoms with Gasteiger partial charge in [0.25, 0.3) is 0 Å². The minimum absolute atomic E-state index is 0.315. The van der Waals surface area contributed by atoms with E-state index in [9.17, 15) is 4.39 Å². The summed E-state index contributed by atoms with van der Waals surface area (Å²) in [7, 11) is 5.50. The van der Waals surface area contributed by atoms with Crippen molar-refractivity contribution in [3.8, 4) is 22.9 Å². The first-order valence-corrected chi connectivity index (χ1v) is 9.85. The molecular formula is C21H26FN4O2S+. The highest BCUT2D eigenvalue weighted by molar-refractivity contribution is 7.71. The highest BCUT2D eigenvalue weighted by Gasteiger charge is 2.16. The molecule has 8 heteroatoms. The van der Waals surface area contributed by atoms with Crippen molar-refractivity contribution in [3.63, 3.8) is 0 Å². The van der Waals surface area contributed by atoms with Crippen LogP contribution in [0.3, 0.4) is 0 Å². The molecule has 3 aromatic rings. The quantitative estimate of drug-likeness (QED) is 0.573. The topological polar surface area (TPSA) is 45.7 Å². The minimum Gasteiger partial charge on any atom is -0.493 e. The summed E-state index contributed by atoms with van der Waals surface area (Å²) in [6.45, 7) is 3.83. The van der Waals surface area contributed by atoms with Crippen LogP contribution < -0.4 is 14.4 Å². The second-order valence-corrected chi connectivity index (χ2v) is 7.22. The summed E-state index contributed by atoms with van der Waals surface area (Å²) in [5, 5.41) is 4.56. The number of methoxy groups -OCH3 is 1. The standard InChI is InChI=1S/C21H25FN4O2S/c1-5-28-18-11-10-15(12-19(18)27-4)13-24(2)14-26-21(29)25(3)20(23-26)16-8-6-7-9-17(16)22/h6-12H,5,13-14H2,1-4H3/p+1. The van der Waals surface area contributed by atoms with Gasteiger partial charge in [-0.15, -0.1) is 5.10 Å². The van der Waals surface area contributed by atoms with Gasteiger partial charge in [-0.1, -0.05) is 12.1 Å². The van der Waals surface area contributed by atoms with E-state index < -0.39 is 0 Å². The van der Waals surface area contributed by atoms with Crippen molar-refractivity contribution in [1.82, 2.24) is 14.3 Å². The van der Waals surface area contributed by atoms with Crippen LogP contribution in [-0.4, -0.2) is 35.1 Å². The minimum atomic E-state index is -0.315. The number of hydrogen-bond donors (Lipinski definition) is 1. The molecule has 0 fully saturated rings. The van der Waals surface area contributed by atoms with Gasteiger partial charge >= 0.3 is 0 Å². The molecule has 6 nitrogen and oxygen atoms in total. The number of nitrogens with zero attached hydrogens (tertiary/aromatic N) is 3. The van der Waals surface area contributed by atoms with Gasteiger partial charge in [-0.3, -0.25) is 0 Å². The van der Waals surface area contributed by atoms with Crippen molar-refractivity contribution < 1.29 is 18.8 Å². The number of benzene rings is 2. The van der Waals surface area contributed by atoms with Crippen molar-refractivity contribution >= 4 is 12.2 Å². The van der Waals surface area contributed by atoms with Gasteiger partial charge in [0.1, 0.15) is 12.4 Å². The van der Waals surface area contributed by atoms with Crippen molar-refractivity contribution in [2.45, 2.75) is 20.1 Å². The third-order valence-corrected chi connectivity index (χ3v) is 5.09. The Kier molecular flexibility index (Phi) is 6.66. The number of halogens is 1. The maximum absolute atomic E-state index is 14.2. The van der Waals surface area contributed by atoms with E-state index in [1.165, 1.54) is 11.0 Å². The van der Waals surface area contributed by atoms with Crippen LogP contribution in [0.5, 0.6) is 11.5 Å². The van der Waals surface area contributed by atoms with Gasteiger partial charge in [-0.05, 0) is 49.5 Å². The summed E-state index contributed by atoms with van der Waals surface area (Å²) in [5.74, 6) is 1.65. The lowest BCUT2D eigenvalue weighted by atomic mass is 10.2. The summed E-state index contributed by atoms with van der Waals surface area (Å²) in [6.07, 6.45) is 0. The number of quaternary nitrogens is 1. The Bertz CT molecular complexity index is 1050. The molecule has 0 saturated heterocycles. The Labute approximate surface area is 175 Å². The summed E-state index contributed by atoms with van der Waals surface area (Å²) in [6, 6.07) is 12.5. The predicted molar refractivity (Wildman–Crippen MR) is 112 cm³/mol. The van der Waals surface area contributed by atoms with Crippen molar-refractivity contribution in [3.05, 3.63) is 58.6 Å². The first-order chi connectivity index (χ1) is 13.9. The number of nitrogens with one attached hydrogen (secondary N) is 1. The normalized spacial score (nSPS) is 12.0. The molecule has 0 aliphatic carbocycles. The largest absolute Gasteiger partial charge is 0.493 e. The molecule has 0 aliphatic rings. The lowest BCUT2D eigenvalue weighted by Gasteiger charge is -2.15. The van der Waals surface area contributed by atoms with Crippen molar-refractivity contribution in [1.29, 1.82) is 0 Å². The van der Waals surface area contributed by atoms with Gasteiger partial charge in [0.15, 0.2) is 24.0 Å². The fraction of sp³-hybridized carbons (Fsp3) is 0.333. The molecule has 3 rings (SSSR count). The number of ether oxygens (including phenoxy) is 2. The molecule has 0 spiro atoms. The van der Waals surface area contributed by atoms with Crippen LogP contribution in [0.1, 0.15) is 12.5 Å². The van der Waals surface area contributed by atoms with Crippen LogP contribution >= 0.6 is 12.2 Å². The first-order valence-electron chi connectivity index (χ1n) is 9.44. The molecule has 1 N–H and O–H groups in total. The van der Waals surface area contributed by atoms with Crippen molar-refractivity contribution in [2.75, 3.05) is 20.8 Å². The second kappa shape index (κ2) is 9.19. The average Bonchev–Trinajstić information content (AvgIpc) is 2.98. The summed E-state index contributed by atoms with van der Waals surface area (Å²) >= 11 is 5.52. The molecule has 2 aromatic carbocycles. The number of rotatable bonds is 8. The lowest BCUT2D eigenvalue weighted by Crippen LogP contribution is -3.07. The van der Waals surface area contributed by atoms with Crippen LogP contribution in [0.2, 0.25) is 0 Å². The van der Waals surface area contributed by atoms with E-state index in [2.05, 4.69) is 12.1 Å². The fourth-order valence-electron chi connectivity index (χ4n) is 3.22. The van der Waals surface area contributed by atoms with E-state index in [0.29, 0.717) is 35.2 Å². The Morgan fingerprint density at radius 2 is 1.93 bits per heavy atom. The molecule has 0 aliphatic heterocycles. The molecule has 0 amide bonds. The second-order valence-electron chi connectivity index (χ2n) is 6.85. The maximum atomic E-state index is 14.2. The van der Waals surface area contributed by atoms with Gasteiger partial charge in [-0.25, -0.2) is 4.39 Å².